The van der Waals surface area contributed by atoms with E-state index in [1.54, 1.807) is 0 Å². The molecule has 44 heavy (non-hydrogen) atoms. The molecule has 2 aliphatic carbocycles. The topological polar surface area (TPSA) is 104 Å². The largest absolute Gasteiger partial charge is 0.416 e. The average molecular weight is 604 g/mol. The van der Waals surface area contributed by atoms with Crippen molar-refractivity contribution in [3.05, 3.63) is 105 Å². The van der Waals surface area contributed by atoms with Gasteiger partial charge in [0.15, 0.2) is 6.10 Å². The monoisotopic (exact) mass is 603 g/mol. The molecule has 2 N–H and O–H groups in total. The molecule has 228 valence electrons. The van der Waals surface area contributed by atoms with Gasteiger partial charge in [0.1, 0.15) is 5.82 Å². The molecular weight excluding hydrogens is 571 g/mol. The van der Waals surface area contributed by atoms with Gasteiger partial charge in [-0.05, 0) is 73.8 Å². The van der Waals surface area contributed by atoms with E-state index in [0.29, 0.717) is 36.0 Å². The van der Waals surface area contributed by atoms with Crippen molar-refractivity contribution in [2.75, 3.05) is 6.54 Å². The van der Waals surface area contributed by atoms with Crippen molar-refractivity contribution in [3.63, 3.8) is 0 Å². The van der Waals surface area contributed by atoms with Crippen molar-refractivity contribution in [1.82, 2.24) is 24.6 Å². The Kier molecular flexibility index (Phi) is 6.95. The van der Waals surface area contributed by atoms with E-state index < -0.39 is 29.2 Å². The van der Waals surface area contributed by atoms with Crippen LogP contribution < -0.4 is 5.56 Å². The Hall–Kier alpha value is -4.25. The molecule has 1 aliphatic heterocycles. The number of aromatic nitrogens is 4. The number of aliphatic hydroxyl groups excluding tert-OH is 1. The molecule has 1 amide bonds. The van der Waals surface area contributed by atoms with Crippen molar-refractivity contribution in [3.8, 4) is 11.1 Å². The Morgan fingerprint density at radius 1 is 1.07 bits per heavy atom. The van der Waals surface area contributed by atoms with E-state index in [2.05, 4.69) is 39.2 Å². The maximum Gasteiger partial charge on any atom is 0.416 e. The number of nitrogens with zero attached hydrogens (tertiary/aromatic N) is 4. The van der Waals surface area contributed by atoms with Crippen LogP contribution in [0.4, 0.5) is 13.2 Å². The third kappa shape index (κ3) is 5.12. The zero-order chi connectivity index (χ0) is 30.6. The fourth-order valence-corrected chi connectivity index (χ4v) is 6.36. The minimum atomic E-state index is -4.60. The van der Waals surface area contributed by atoms with Crippen LogP contribution in [-0.4, -0.2) is 42.2 Å². The number of aromatic amines is 1. The molecule has 3 heterocycles. The van der Waals surface area contributed by atoms with Gasteiger partial charge < -0.3 is 15.0 Å². The number of rotatable bonds is 6. The van der Waals surface area contributed by atoms with Crippen LogP contribution in [0.2, 0.25) is 0 Å². The van der Waals surface area contributed by atoms with Gasteiger partial charge in [0.05, 0.1) is 41.0 Å². The summed E-state index contributed by atoms with van der Waals surface area (Å²) in [5, 5.41) is 15.3. The molecule has 4 aromatic rings. The molecule has 7 rings (SSSR count). The maximum atomic E-state index is 13.5. The summed E-state index contributed by atoms with van der Waals surface area (Å²) in [6.45, 7) is 0.155. The van der Waals surface area contributed by atoms with Crippen molar-refractivity contribution in [2.45, 2.75) is 75.2 Å². The van der Waals surface area contributed by atoms with Gasteiger partial charge in [0.2, 0.25) is 0 Å². The van der Waals surface area contributed by atoms with E-state index in [4.69, 9.17) is 4.98 Å². The number of nitrogens with one attached hydrogen (secondary N) is 1. The molecule has 11 heteroatoms. The molecule has 0 bridgehead atoms. The van der Waals surface area contributed by atoms with E-state index >= 15 is 0 Å². The third-order valence-electron chi connectivity index (χ3n) is 9.37. The lowest BCUT2D eigenvalue weighted by Gasteiger charge is -2.25. The summed E-state index contributed by atoms with van der Waals surface area (Å²) in [5.41, 5.74) is 2.28. The van der Waals surface area contributed by atoms with E-state index in [9.17, 15) is 27.9 Å². The van der Waals surface area contributed by atoms with Crippen LogP contribution in [0.3, 0.4) is 0 Å². The minimum absolute atomic E-state index is 0.0831. The molecule has 8 nitrogen and oxygen atoms in total. The van der Waals surface area contributed by atoms with Crippen LogP contribution in [0.5, 0.6) is 0 Å². The number of hydrogen-bond acceptors (Lipinski definition) is 5. The number of alkyl halides is 3. The molecule has 2 aromatic heterocycles. The van der Waals surface area contributed by atoms with E-state index in [-0.39, 0.29) is 24.2 Å². The smallest absolute Gasteiger partial charge is 0.378 e. The van der Waals surface area contributed by atoms with Gasteiger partial charge in [0.25, 0.3) is 11.5 Å². The standard InChI is InChI=1S/C33H32F3N5O3/c34-33(35,36)24-8-2-6-21(16-24)28(42)30(44)40-14-4-11-27-26(19-40)29(43)39-31(38-27)32(12-13-32)23-7-1-5-20(15-23)22-17-37-41(18-22)25-9-3-10-25/h1-2,5-8,15-18,25,28,42H,3-4,9-14,19H2,(H,38,39,43). The number of benzene rings is 2. The number of amides is 1. The van der Waals surface area contributed by atoms with Crippen LogP contribution in [0.1, 0.15) is 84.4 Å². The first-order chi connectivity index (χ1) is 21.1. The number of aryl methyl sites for hydroxylation is 1. The Morgan fingerprint density at radius 3 is 2.59 bits per heavy atom. The number of halogens is 3. The molecule has 3 aliphatic rings. The van der Waals surface area contributed by atoms with Gasteiger partial charge >= 0.3 is 6.18 Å². The minimum Gasteiger partial charge on any atom is -0.378 e. The molecule has 2 saturated carbocycles. The average Bonchev–Trinajstić information content (AvgIpc) is 3.72. The highest BCUT2D eigenvalue weighted by molar-refractivity contribution is 5.82. The Bertz CT molecular complexity index is 1790. The van der Waals surface area contributed by atoms with Gasteiger partial charge in [-0.15, -0.1) is 0 Å². The molecule has 0 saturated heterocycles. The van der Waals surface area contributed by atoms with Crippen molar-refractivity contribution in [2.24, 2.45) is 0 Å². The van der Waals surface area contributed by atoms with Crippen molar-refractivity contribution >= 4 is 5.91 Å². The number of hydrogen-bond donors (Lipinski definition) is 2. The zero-order valence-corrected chi connectivity index (χ0v) is 24.0. The second-order valence-electron chi connectivity index (χ2n) is 12.2. The highest BCUT2D eigenvalue weighted by Crippen LogP contribution is 2.52. The predicted molar refractivity (Wildman–Crippen MR) is 156 cm³/mol. The quantitative estimate of drug-likeness (QED) is 0.305. The first-order valence-electron chi connectivity index (χ1n) is 15.0. The Morgan fingerprint density at radius 2 is 1.86 bits per heavy atom. The summed E-state index contributed by atoms with van der Waals surface area (Å²) in [4.78, 5) is 35.9. The SMILES string of the molecule is O=C(C(O)c1cccc(C(F)(F)F)c1)N1CCCc2nc(C3(c4cccc(-c5cnn(C6CCC6)c5)c4)CC3)[nH]c(=O)c2C1. The van der Waals surface area contributed by atoms with Crippen LogP contribution in [0.25, 0.3) is 11.1 Å². The first kappa shape index (κ1) is 28.5. The Balaban J connectivity index is 1.13. The molecule has 2 aromatic carbocycles. The summed E-state index contributed by atoms with van der Waals surface area (Å²) in [7, 11) is 0. The number of aliphatic hydroxyl groups is 1. The zero-order valence-electron chi connectivity index (χ0n) is 24.0. The number of fused-ring (bicyclic) bond motifs is 1. The summed E-state index contributed by atoms with van der Waals surface area (Å²) in [5.74, 6) is -0.149. The summed E-state index contributed by atoms with van der Waals surface area (Å²) >= 11 is 0. The highest BCUT2D eigenvalue weighted by atomic mass is 19.4. The summed E-state index contributed by atoms with van der Waals surface area (Å²) in [6, 6.07) is 12.9. The fraction of sp³-hybridized carbons (Fsp3) is 0.394. The second kappa shape index (κ2) is 10.7. The normalized spacial score (nSPS) is 18.7. The van der Waals surface area contributed by atoms with Gasteiger partial charge in [-0.1, -0.05) is 36.4 Å². The van der Waals surface area contributed by atoms with Gasteiger partial charge in [-0.25, -0.2) is 4.98 Å². The van der Waals surface area contributed by atoms with Gasteiger partial charge in [-0.2, -0.15) is 18.3 Å². The maximum absolute atomic E-state index is 13.5. The van der Waals surface area contributed by atoms with Gasteiger partial charge in [0, 0.05) is 18.3 Å². The lowest BCUT2D eigenvalue weighted by molar-refractivity contribution is -0.142. The lowest BCUT2D eigenvalue weighted by atomic mass is 9.92. The molecule has 1 atom stereocenters. The van der Waals surface area contributed by atoms with Crippen LogP contribution in [0, 0.1) is 0 Å². The van der Waals surface area contributed by atoms with Gasteiger partial charge in [-0.3, -0.25) is 14.3 Å². The number of H-pyrrole nitrogens is 1. The first-order valence-corrected chi connectivity index (χ1v) is 15.0. The molecule has 1 unspecified atom stereocenters. The number of carbonyl (C=O) groups is 1. The number of carbonyl (C=O) groups excluding carboxylic acids is 1. The highest BCUT2D eigenvalue weighted by Gasteiger charge is 2.49. The van der Waals surface area contributed by atoms with Crippen LogP contribution >= 0.6 is 0 Å². The lowest BCUT2D eigenvalue weighted by Crippen LogP contribution is -2.36. The van der Waals surface area contributed by atoms with E-state index in [1.165, 1.54) is 17.4 Å². The third-order valence-corrected chi connectivity index (χ3v) is 9.37. The second-order valence-corrected chi connectivity index (χ2v) is 12.2. The molecular formula is C33H32F3N5O3. The molecule has 2 fully saturated rings. The summed E-state index contributed by atoms with van der Waals surface area (Å²) < 4.78 is 41.6. The van der Waals surface area contributed by atoms with Crippen LogP contribution in [-0.2, 0) is 29.4 Å². The molecule has 0 radical (unpaired) electrons. The fourth-order valence-electron chi connectivity index (χ4n) is 6.36. The van der Waals surface area contributed by atoms with Crippen molar-refractivity contribution < 1.29 is 23.1 Å². The van der Waals surface area contributed by atoms with E-state index in [0.717, 1.165) is 60.6 Å². The van der Waals surface area contributed by atoms with Crippen molar-refractivity contribution in [1.29, 1.82) is 0 Å². The van der Waals surface area contributed by atoms with Crippen LogP contribution in [0.15, 0.2) is 65.7 Å². The Labute approximate surface area is 251 Å². The van der Waals surface area contributed by atoms with E-state index in [1.807, 2.05) is 12.3 Å². The summed E-state index contributed by atoms with van der Waals surface area (Å²) in [6.07, 6.45) is 3.81. The molecule has 0 spiro atoms. The predicted octanol–water partition coefficient (Wildman–Crippen LogP) is 5.47.